The molecule has 0 saturated heterocycles. The number of ketones is 2. The van der Waals surface area contributed by atoms with Gasteiger partial charge in [0.15, 0.2) is 11.5 Å². The molecule has 75 heavy (non-hydrogen) atoms. The first-order chi connectivity index (χ1) is 33.9. The Hall–Kier alpha value is -2.14. The molecule has 1 aliphatic rings. The molecule has 1 aromatic rings. The standard InChI is InChI=1S/C11H16O2.C9H18.C9H20.C8H16O.2C8H18.C8H16.C7H14O.C2H7N/c1-8(2)9-5-6-10(12-3)11(7-9)13-4;1-7(2)9(5-6-9)8(3)4;1-7(2)9(5,6)8(3)4;1-6(2)5-8(9)7(3)4;1-7(2)5-6-8(3)4;2*1-6(2)8(5)7(3)4;1-5(2)7(8)6(3)4;1-3-2/h5-8H,1-4H3;7-8H,5-6H2,1-4H3;7-8H,1-6H3;6-7H,5H2,1-4H3;7-8H,5-6H2,1-4H3;6-8H,1-5H3;6-7H,5H2,1-4H3;5-6H,1-4H3;3H,1-2H3. The van der Waals surface area contributed by atoms with Crippen LogP contribution in [0.25, 0.3) is 0 Å². The zero-order valence-electron chi connectivity index (χ0n) is 58.3. The summed E-state index contributed by atoms with van der Waals surface area (Å²) in [5.74, 6) is 13.0. The van der Waals surface area contributed by atoms with Gasteiger partial charge in [0.05, 0.1) is 14.2 Å². The van der Waals surface area contributed by atoms with Crippen LogP contribution in [0.1, 0.15) is 272 Å². The van der Waals surface area contributed by atoms with Crippen molar-refractivity contribution in [3.8, 4) is 11.5 Å². The third-order valence-electron chi connectivity index (χ3n) is 15.5. The molecule has 0 heterocycles. The quantitative estimate of drug-likeness (QED) is 0.140. The topological polar surface area (TPSA) is 64.6 Å². The van der Waals surface area contributed by atoms with Crippen molar-refractivity contribution >= 4 is 11.6 Å². The highest BCUT2D eigenvalue weighted by atomic mass is 16.5. The average molecular weight is 1060 g/mol. The van der Waals surface area contributed by atoms with Crippen LogP contribution in [0.4, 0.5) is 0 Å². The second-order valence-corrected chi connectivity index (χ2v) is 27.5. The van der Waals surface area contributed by atoms with Gasteiger partial charge in [-0.3, -0.25) is 9.59 Å². The Kier molecular flexibility index (Phi) is 55.3. The molecule has 0 aromatic heterocycles. The first-order valence-corrected chi connectivity index (χ1v) is 30.5. The van der Waals surface area contributed by atoms with Crippen molar-refractivity contribution in [2.24, 2.45) is 99.6 Å². The predicted octanol–water partition coefficient (Wildman–Crippen LogP) is 22.1. The molecule has 0 unspecified atom stereocenters. The number of ether oxygens (including phenoxy) is 2. The molecule has 5 nitrogen and oxygen atoms in total. The second-order valence-electron chi connectivity index (χ2n) is 27.5. The molecule has 1 aliphatic carbocycles. The maximum atomic E-state index is 11.0. The number of hydrogen-bond acceptors (Lipinski definition) is 5. The fourth-order valence-corrected chi connectivity index (χ4v) is 7.25. The van der Waals surface area contributed by atoms with Crippen LogP contribution in [0, 0.1) is 99.6 Å². The Labute approximate surface area is 475 Å². The molecular formula is C70H143NO4. The Morgan fingerprint density at radius 3 is 0.973 bits per heavy atom. The van der Waals surface area contributed by atoms with E-state index in [9.17, 15) is 9.59 Å². The molecule has 1 N–H and O–H groups in total. The highest BCUT2D eigenvalue weighted by molar-refractivity contribution is 5.82. The van der Waals surface area contributed by atoms with Crippen LogP contribution in [0.5, 0.6) is 11.5 Å². The van der Waals surface area contributed by atoms with Crippen LogP contribution in [0.15, 0.2) is 30.4 Å². The van der Waals surface area contributed by atoms with E-state index < -0.39 is 0 Å². The number of carbonyl (C=O) groups is 2. The first-order valence-electron chi connectivity index (χ1n) is 30.5. The fourth-order valence-electron chi connectivity index (χ4n) is 7.25. The van der Waals surface area contributed by atoms with Crippen molar-refractivity contribution in [2.75, 3.05) is 28.3 Å². The Balaban J connectivity index is -0.000000141. The molecule has 0 aliphatic heterocycles. The molecule has 2 rings (SSSR count). The minimum absolute atomic E-state index is 0.204. The molecule has 0 bridgehead atoms. The lowest BCUT2D eigenvalue weighted by Crippen LogP contribution is -2.25. The smallest absolute Gasteiger partial charge is 0.160 e. The third-order valence-corrected chi connectivity index (χ3v) is 15.5. The van der Waals surface area contributed by atoms with Gasteiger partial charge in [0.2, 0.25) is 0 Å². The number of Topliss-reactive ketones (excluding diaryl/α,β-unsaturated/α-hetero) is 2. The van der Waals surface area contributed by atoms with Crippen LogP contribution >= 0.6 is 0 Å². The maximum absolute atomic E-state index is 11.0. The lowest BCUT2D eigenvalue weighted by Gasteiger charge is -2.33. The van der Waals surface area contributed by atoms with Crippen molar-refractivity contribution < 1.29 is 19.1 Å². The van der Waals surface area contributed by atoms with Crippen LogP contribution in [0.2, 0.25) is 0 Å². The van der Waals surface area contributed by atoms with Crippen molar-refractivity contribution in [1.29, 1.82) is 0 Å². The van der Waals surface area contributed by atoms with Crippen molar-refractivity contribution in [3.63, 3.8) is 0 Å². The molecule has 0 amide bonds. The van der Waals surface area contributed by atoms with Gasteiger partial charge >= 0.3 is 0 Å². The highest BCUT2D eigenvalue weighted by Gasteiger charge is 2.47. The molecule has 0 atom stereocenters. The van der Waals surface area contributed by atoms with E-state index in [4.69, 9.17) is 9.47 Å². The van der Waals surface area contributed by atoms with E-state index in [2.05, 4.69) is 205 Å². The lowest BCUT2D eigenvalue weighted by molar-refractivity contribution is -0.125. The van der Waals surface area contributed by atoms with Gasteiger partial charge in [-0.1, -0.05) is 260 Å². The third kappa shape index (κ3) is 48.7. The summed E-state index contributed by atoms with van der Waals surface area (Å²) >= 11 is 0. The molecule has 0 spiro atoms. The van der Waals surface area contributed by atoms with E-state index in [0.717, 1.165) is 76.6 Å². The van der Waals surface area contributed by atoms with E-state index >= 15 is 0 Å². The molecule has 1 aromatic carbocycles. The van der Waals surface area contributed by atoms with Gasteiger partial charge < -0.3 is 14.8 Å². The molecule has 1 fully saturated rings. The Morgan fingerprint density at radius 2 is 0.867 bits per heavy atom. The number of hydrogen-bond donors (Lipinski definition) is 1. The number of carbonyl (C=O) groups excluding carboxylic acids is 2. The molecule has 0 radical (unpaired) electrons. The first kappa shape index (κ1) is 86.7. The van der Waals surface area contributed by atoms with Crippen molar-refractivity contribution in [2.45, 2.75) is 267 Å². The minimum Gasteiger partial charge on any atom is -0.493 e. The monoisotopic (exact) mass is 1060 g/mol. The van der Waals surface area contributed by atoms with Gasteiger partial charge in [0, 0.05) is 24.2 Å². The van der Waals surface area contributed by atoms with E-state index in [0.29, 0.717) is 40.7 Å². The number of methoxy groups -OCH3 is 2. The van der Waals surface area contributed by atoms with Crippen LogP contribution in [-0.2, 0) is 9.59 Å². The van der Waals surface area contributed by atoms with Crippen LogP contribution < -0.4 is 14.8 Å². The predicted molar refractivity (Wildman–Crippen MR) is 344 cm³/mol. The van der Waals surface area contributed by atoms with Gasteiger partial charge in [-0.15, -0.1) is 0 Å². The van der Waals surface area contributed by atoms with E-state index in [1.54, 1.807) is 14.2 Å². The van der Waals surface area contributed by atoms with Crippen molar-refractivity contribution in [3.05, 3.63) is 35.9 Å². The summed E-state index contributed by atoms with van der Waals surface area (Å²) in [4.78, 5) is 21.8. The van der Waals surface area contributed by atoms with Crippen LogP contribution in [0.3, 0.4) is 0 Å². The molecule has 5 heteroatoms. The summed E-state index contributed by atoms with van der Waals surface area (Å²) in [7, 11) is 7.05. The van der Waals surface area contributed by atoms with Gasteiger partial charge in [0.25, 0.3) is 0 Å². The Bertz CT molecular complexity index is 1370. The highest BCUT2D eigenvalue weighted by Crippen LogP contribution is 2.57. The molecule has 1 saturated carbocycles. The SMILES string of the molecule is C=C(C(C)C)C(C)C.CC(C)C(=O)C(C)C.CC(C)C(C)(C)C(C)C.CC(C)C(C)C(C)C.CC(C)C1(C(C)C)CC1.CC(C)CC(=O)C(C)C.CC(C)CCC(C)C.CNC.COc1ccc(C(C)C)cc1OC. The van der Waals surface area contributed by atoms with Crippen molar-refractivity contribution in [1.82, 2.24) is 5.32 Å². The summed E-state index contributed by atoms with van der Waals surface area (Å²) in [6.07, 6.45) is 6.46. The summed E-state index contributed by atoms with van der Waals surface area (Å²) in [5, 5.41) is 2.75. The molecule has 452 valence electrons. The lowest BCUT2D eigenvalue weighted by atomic mass is 9.72. The van der Waals surface area contributed by atoms with E-state index in [1.807, 2.05) is 67.8 Å². The average Bonchev–Trinajstić information content (AvgIpc) is 4.12. The maximum Gasteiger partial charge on any atom is 0.160 e. The zero-order valence-corrected chi connectivity index (χ0v) is 58.3. The summed E-state index contributed by atoms with van der Waals surface area (Å²) in [6.45, 7) is 76.6. The van der Waals surface area contributed by atoms with Gasteiger partial charge in [-0.2, -0.15) is 0 Å². The van der Waals surface area contributed by atoms with Crippen LogP contribution in [-0.4, -0.2) is 39.9 Å². The zero-order chi connectivity index (χ0) is 61.5. The van der Waals surface area contributed by atoms with E-state index in [1.165, 1.54) is 36.8 Å². The summed E-state index contributed by atoms with van der Waals surface area (Å²) in [5.41, 5.74) is 3.86. The van der Waals surface area contributed by atoms with E-state index in [-0.39, 0.29) is 17.8 Å². The van der Waals surface area contributed by atoms with Gasteiger partial charge in [-0.25, -0.2) is 0 Å². The number of rotatable bonds is 19. The normalized spacial score (nSPS) is 12.5. The number of nitrogens with one attached hydrogen (secondary N) is 1. The van der Waals surface area contributed by atoms with Gasteiger partial charge in [0.1, 0.15) is 11.6 Å². The molecular weight excluding hydrogens is 919 g/mol. The summed E-state index contributed by atoms with van der Waals surface area (Å²) < 4.78 is 10.3. The minimum atomic E-state index is 0.204. The Morgan fingerprint density at radius 1 is 0.533 bits per heavy atom. The number of allylic oxidation sites excluding steroid dienone is 1. The second kappa shape index (κ2) is 47.8. The van der Waals surface area contributed by atoms with Gasteiger partial charge in [-0.05, 0) is 132 Å². The summed E-state index contributed by atoms with van der Waals surface area (Å²) in [6, 6.07) is 6.02. The number of benzene rings is 1. The fraction of sp³-hybridized carbons (Fsp3) is 0.857. The largest absolute Gasteiger partial charge is 0.493 e.